The zero-order chi connectivity index (χ0) is 26.5. The van der Waals surface area contributed by atoms with Gasteiger partial charge in [-0.05, 0) is 37.5 Å². The topological polar surface area (TPSA) is 175 Å². The molecule has 12 nitrogen and oxygen atoms in total. The van der Waals surface area contributed by atoms with Gasteiger partial charge in [0.1, 0.15) is 16.5 Å². The van der Waals surface area contributed by atoms with Gasteiger partial charge in [0.25, 0.3) is 0 Å². The molecule has 194 valence electrons. The predicted molar refractivity (Wildman–Crippen MR) is 141 cm³/mol. The number of anilines is 4. The van der Waals surface area contributed by atoms with Crippen molar-refractivity contribution in [3.05, 3.63) is 51.5 Å². The molecule has 2 aromatic heterocycles. The molecular weight excluding hydrogens is 496 g/mol. The third kappa shape index (κ3) is 6.30. The first kappa shape index (κ1) is 25.8. The summed E-state index contributed by atoms with van der Waals surface area (Å²) in [7, 11) is 0. The largest absolute Gasteiger partial charge is 0.477 e. The van der Waals surface area contributed by atoms with Gasteiger partial charge in [0.2, 0.25) is 17.8 Å². The van der Waals surface area contributed by atoms with Crippen molar-refractivity contribution >= 4 is 51.8 Å². The number of nitrogens with two attached hydrogens (primary N) is 1. The summed E-state index contributed by atoms with van der Waals surface area (Å²) < 4.78 is 0. The molecule has 0 spiro atoms. The Morgan fingerprint density at radius 2 is 1.89 bits per heavy atom. The summed E-state index contributed by atoms with van der Waals surface area (Å²) in [4.78, 5) is 50.1. The second-order valence-corrected chi connectivity index (χ2v) is 9.56. The number of fused-ring (bicyclic) bond motifs is 1. The van der Waals surface area contributed by atoms with Crippen LogP contribution in [0.1, 0.15) is 50.2 Å². The van der Waals surface area contributed by atoms with Crippen LogP contribution in [0.15, 0.2) is 24.3 Å². The number of nitrogens with zero attached hydrogens (tertiary/aromatic N) is 4. The Balaban J connectivity index is 1.64. The maximum Gasteiger partial charge on any atom is 0.347 e. The number of thiazole rings is 1. The van der Waals surface area contributed by atoms with Crippen molar-refractivity contribution in [1.29, 1.82) is 0 Å². The van der Waals surface area contributed by atoms with Gasteiger partial charge < -0.3 is 26.4 Å². The minimum absolute atomic E-state index is 0.115. The highest BCUT2D eigenvalue weighted by atomic mass is 32.1. The van der Waals surface area contributed by atoms with E-state index >= 15 is 0 Å². The van der Waals surface area contributed by atoms with Gasteiger partial charge in [-0.25, -0.2) is 9.78 Å². The third-order valence-electron chi connectivity index (χ3n) is 5.75. The number of aromatic nitrogens is 3. The monoisotopic (exact) mass is 524 g/mol. The van der Waals surface area contributed by atoms with Crippen molar-refractivity contribution < 1.29 is 19.5 Å². The molecule has 0 radical (unpaired) electrons. The first-order valence-corrected chi connectivity index (χ1v) is 12.5. The highest BCUT2D eigenvalue weighted by molar-refractivity contribution is 7.17. The lowest BCUT2D eigenvalue weighted by molar-refractivity contribution is -0.118. The van der Waals surface area contributed by atoms with Crippen LogP contribution in [0.25, 0.3) is 0 Å². The van der Waals surface area contributed by atoms with E-state index in [4.69, 9.17) is 10.7 Å². The summed E-state index contributed by atoms with van der Waals surface area (Å²) in [6, 6.07) is 7.14. The van der Waals surface area contributed by atoms with Crippen LogP contribution in [-0.4, -0.2) is 57.5 Å². The minimum atomic E-state index is -1.04. The lowest BCUT2D eigenvalue weighted by Crippen LogP contribution is -2.32. The molecule has 0 saturated heterocycles. The third-order valence-corrected chi connectivity index (χ3v) is 6.81. The number of aromatic carboxylic acids is 1. The molecular formula is C24H28N8O4S. The molecule has 4 rings (SSSR count). The van der Waals surface area contributed by atoms with Gasteiger partial charge >= 0.3 is 5.97 Å². The van der Waals surface area contributed by atoms with Crippen LogP contribution in [0.3, 0.4) is 0 Å². The van der Waals surface area contributed by atoms with Gasteiger partial charge in [0.05, 0.1) is 5.69 Å². The second-order valence-electron chi connectivity index (χ2n) is 8.56. The van der Waals surface area contributed by atoms with E-state index in [-0.39, 0.29) is 16.7 Å². The Hall–Kier alpha value is -4.26. The van der Waals surface area contributed by atoms with E-state index in [0.29, 0.717) is 41.8 Å². The molecule has 0 unspecified atom stereocenters. The van der Waals surface area contributed by atoms with E-state index in [1.165, 1.54) is 6.92 Å². The van der Waals surface area contributed by atoms with Crippen molar-refractivity contribution in [3.63, 3.8) is 0 Å². The molecule has 0 atom stereocenters. The molecule has 0 fully saturated rings. The van der Waals surface area contributed by atoms with Crippen molar-refractivity contribution in [3.8, 4) is 0 Å². The lowest BCUT2D eigenvalue weighted by Gasteiger charge is -2.31. The SMILES string of the molecule is CC(=O)NCCNc1nc(Nc2nc(C)c(C(=O)O)s2)nc2c1CCCN2Cc1ccc(C(N)=O)cc1. The average molecular weight is 525 g/mol. The summed E-state index contributed by atoms with van der Waals surface area (Å²) in [6.45, 7) is 5.33. The van der Waals surface area contributed by atoms with E-state index in [9.17, 15) is 19.5 Å². The van der Waals surface area contributed by atoms with Crippen molar-refractivity contribution in [2.24, 2.45) is 5.73 Å². The first-order valence-electron chi connectivity index (χ1n) is 11.7. The molecule has 37 heavy (non-hydrogen) atoms. The maximum atomic E-state index is 11.4. The van der Waals surface area contributed by atoms with Crippen LogP contribution in [0.2, 0.25) is 0 Å². The van der Waals surface area contributed by atoms with E-state index in [2.05, 4.69) is 30.8 Å². The summed E-state index contributed by atoms with van der Waals surface area (Å²) in [5.41, 5.74) is 8.16. The molecule has 13 heteroatoms. The summed E-state index contributed by atoms with van der Waals surface area (Å²) in [5, 5.41) is 18.9. The molecule has 1 aliphatic rings. The molecule has 1 aliphatic heterocycles. The molecule has 1 aromatic carbocycles. The fourth-order valence-corrected chi connectivity index (χ4v) is 4.83. The Labute approximate surface area is 217 Å². The highest BCUT2D eigenvalue weighted by Crippen LogP contribution is 2.34. The van der Waals surface area contributed by atoms with Gasteiger partial charge in [-0.2, -0.15) is 9.97 Å². The number of carboxylic acid groups (broad SMARTS) is 1. The summed E-state index contributed by atoms with van der Waals surface area (Å²) in [6.07, 6.45) is 1.67. The second kappa shape index (κ2) is 11.2. The molecule has 0 bridgehead atoms. The van der Waals surface area contributed by atoms with Gasteiger partial charge in [0, 0.05) is 44.2 Å². The van der Waals surface area contributed by atoms with Gasteiger partial charge in [-0.15, -0.1) is 0 Å². The minimum Gasteiger partial charge on any atom is -0.477 e. The number of carboxylic acids is 1. The number of amides is 2. The lowest BCUT2D eigenvalue weighted by atomic mass is 10.0. The fourth-order valence-electron chi connectivity index (χ4n) is 4.03. The molecule has 0 saturated carbocycles. The van der Waals surface area contributed by atoms with Crippen molar-refractivity contribution in [1.82, 2.24) is 20.3 Å². The normalized spacial score (nSPS) is 12.5. The van der Waals surface area contributed by atoms with Crippen LogP contribution >= 0.6 is 11.3 Å². The Bertz CT molecular complexity index is 1330. The predicted octanol–water partition coefficient (Wildman–Crippen LogP) is 2.28. The number of carbonyl (C=O) groups is 3. The molecule has 2 amide bonds. The van der Waals surface area contributed by atoms with E-state index in [0.717, 1.165) is 47.7 Å². The van der Waals surface area contributed by atoms with Crippen LogP contribution in [0.4, 0.5) is 22.7 Å². The van der Waals surface area contributed by atoms with E-state index in [1.54, 1.807) is 19.1 Å². The number of nitrogens with one attached hydrogen (secondary N) is 3. The Morgan fingerprint density at radius 1 is 1.14 bits per heavy atom. The molecule has 3 heterocycles. The van der Waals surface area contributed by atoms with Gasteiger partial charge in [-0.1, -0.05) is 23.5 Å². The standard InChI is InChI=1S/C24H28N8O4S/c1-13-18(22(35)36)37-24(28-13)31-23-29-20(27-10-9-26-14(2)33)17-4-3-11-32(21(17)30-23)12-15-5-7-16(8-6-15)19(25)34/h5-8H,3-4,9-12H2,1-2H3,(H2,25,34)(H,26,33)(H,35,36)(H2,27,28,29,30,31). The number of carbonyl (C=O) groups excluding carboxylic acids is 2. The number of primary amides is 1. The van der Waals surface area contributed by atoms with Crippen LogP contribution < -0.4 is 26.6 Å². The van der Waals surface area contributed by atoms with Crippen LogP contribution in [-0.2, 0) is 17.8 Å². The van der Waals surface area contributed by atoms with Crippen molar-refractivity contribution in [2.45, 2.75) is 33.2 Å². The Morgan fingerprint density at radius 3 is 2.54 bits per heavy atom. The number of rotatable bonds is 10. The van der Waals surface area contributed by atoms with E-state index in [1.807, 2.05) is 12.1 Å². The molecule has 0 aliphatic carbocycles. The first-order chi connectivity index (χ1) is 17.7. The molecule has 6 N–H and O–H groups in total. The Kier molecular flexibility index (Phi) is 7.82. The van der Waals surface area contributed by atoms with Crippen LogP contribution in [0, 0.1) is 6.92 Å². The van der Waals surface area contributed by atoms with Crippen LogP contribution in [0.5, 0.6) is 0 Å². The number of benzene rings is 1. The number of aryl methyl sites for hydroxylation is 1. The van der Waals surface area contributed by atoms with Gasteiger partial charge in [0.15, 0.2) is 5.13 Å². The number of hydrogen-bond donors (Lipinski definition) is 5. The molecule has 3 aromatic rings. The smallest absolute Gasteiger partial charge is 0.347 e. The zero-order valence-corrected chi connectivity index (χ0v) is 21.3. The number of hydrogen-bond acceptors (Lipinski definition) is 10. The summed E-state index contributed by atoms with van der Waals surface area (Å²) >= 11 is 1.02. The zero-order valence-electron chi connectivity index (χ0n) is 20.5. The van der Waals surface area contributed by atoms with E-state index < -0.39 is 11.9 Å². The average Bonchev–Trinajstić information content (AvgIpc) is 3.22. The quantitative estimate of drug-likeness (QED) is 0.247. The summed E-state index contributed by atoms with van der Waals surface area (Å²) in [5.74, 6) is 0.0353. The fraction of sp³-hybridized carbons (Fsp3) is 0.333. The maximum absolute atomic E-state index is 11.4. The highest BCUT2D eigenvalue weighted by Gasteiger charge is 2.25. The van der Waals surface area contributed by atoms with Gasteiger partial charge in [-0.3, -0.25) is 14.9 Å². The van der Waals surface area contributed by atoms with Crippen molar-refractivity contribution in [2.75, 3.05) is 35.2 Å².